The van der Waals surface area contributed by atoms with Gasteiger partial charge in [-0.3, -0.25) is 14.4 Å². The second-order valence-corrected chi connectivity index (χ2v) is 6.16. The molecule has 1 aliphatic rings. The second-order valence-electron chi connectivity index (χ2n) is 5.89. The SMILES string of the molecule is C=C1/C=C\C=C(\OCC)CC(=O)c2c(OCC)cc(NC(=O)CCl)cc2C1=O. The molecule has 0 atom stereocenters. The van der Waals surface area contributed by atoms with Crippen molar-refractivity contribution in [1.29, 1.82) is 0 Å². The Hall–Kier alpha value is -2.86. The van der Waals surface area contributed by atoms with Gasteiger partial charge >= 0.3 is 0 Å². The van der Waals surface area contributed by atoms with E-state index < -0.39 is 11.7 Å². The van der Waals surface area contributed by atoms with Gasteiger partial charge in [0.2, 0.25) is 5.91 Å². The van der Waals surface area contributed by atoms with E-state index >= 15 is 0 Å². The number of benzene rings is 1. The number of hydrogen-bond acceptors (Lipinski definition) is 5. The lowest BCUT2D eigenvalue weighted by molar-refractivity contribution is -0.113. The first-order valence-corrected chi connectivity index (χ1v) is 9.38. The monoisotopic (exact) mass is 403 g/mol. The van der Waals surface area contributed by atoms with Gasteiger partial charge in [-0.25, -0.2) is 0 Å². The summed E-state index contributed by atoms with van der Waals surface area (Å²) in [7, 11) is 0. The summed E-state index contributed by atoms with van der Waals surface area (Å²) in [5.74, 6) is -0.773. The van der Waals surface area contributed by atoms with Gasteiger partial charge in [0.05, 0.1) is 25.2 Å². The zero-order chi connectivity index (χ0) is 20.7. The van der Waals surface area contributed by atoms with Crippen molar-refractivity contribution >= 4 is 34.8 Å². The maximum atomic E-state index is 13.0. The zero-order valence-corrected chi connectivity index (χ0v) is 16.6. The van der Waals surface area contributed by atoms with Gasteiger partial charge < -0.3 is 14.8 Å². The number of Topliss-reactive ketones (excluding diaryl/α,β-unsaturated/α-hetero) is 2. The first-order chi connectivity index (χ1) is 13.4. The summed E-state index contributed by atoms with van der Waals surface area (Å²) in [6.45, 7) is 8.04. The predicted octanol–water partition coefficient (Wildman–Crippen LogP) is 4.06. The Balaban J connectivity index is 2.67. The maximum Gasteiger partial charge on any atom is 0.239 e. The van der Waals surface area contributed by atoms with Crippen molar-refractivity contribution in [3.63, 3.8) is 0 Å². The zero-order valence-electron chi connectivity index (χ0n) is 15.8. The van der Waals surface area contributed by atoms with E-state index in [1.165, 1.54) is 12.1 Å². The molecule has 7 heteroatoms. The molecule has 1 aliphatic carbocycles. The van der Waals surface area contributed by atoms with E-state index in [1.54, 1.807) is 25.2 Å². The van der Waals surface area contributed by atoms with Crippen LogP contribution < -0.4 is 10.1 Å². The number of halogens is 1. The Morgan fingerprint density at radius 2 is 1.93 bits per heavy atom. The fourth-order valence-electron chi connectivity index (χ4n) is 2.73. The molecule has 2 rings (SSSR count). The van der Waals surface area contributed by atoms with E-state index in [0.717, 1.165) is 0 Å². The Morgan fingerprint density at radius 3 is 2.57 bits per heavy atom. The summed E-state index contributed by atoms with van der Waals surface area (Å²) < 4.78 is 11.1. The highest BCUT2D eigenvalue weighted by molar-refractivity contribution is 6.29. The minimum absolute atomic E-state index is 0.0294. The number of nitrogens with one attached hydrogen (secondary N) is 1. The molecule has 0 bridgehead atoms. The number of alkyl halides is 1. The number of ether oxygens (including phenoxy) is 2. The number of rotatable bonds is 6. The van der Waals surface area contributed by atoms with Gasteiger partial charge in [-0.2, -0.15) is 0 Å². The molecule has 0 saturated heterocycles. The molecule has 1 aromatic carbocycles. The highest BCUT2D eigenvalue weighted by atomic mass is 35.5. The van der Waals surface area contributed by atoms with Gasteiger partial charge in [-0.15, -0.1) is 11.6 Å². The van der Waals surface area contributed by atoms with Crippen LogP contribution in [0.2, 0.25) is 0 Å². The van der Waals surface area contributed by atoms with Crippen LogP contribution in [-0.4, -0.2) is 36.6 Å². The van der Waals surface area contributed by atoms with E-state index in [4.69, 9.17) is 21.1 Å². The molecule has 0 aromatic heterocycles. The van der Waals surface area contributed by atoms with Crippen LogP contribution in [-0.2, 0) is 9.53 Å². The number of carbonyl (C=O) groups is 3. The Labute approximate surface area is 168 Å². The standard InChI is InChI=1S/C21H22ClNO5/c1-4-27-15-8-6-7-13(3)21(26)16-9-14(23-19(25)12-22)10-18(28-5-2)20(16)17(24)11-15/h6-10H,3-5,11-12H2,1-2H3,(H,23,25)/b7-6-,15-8+. The van der Waals surface area contributed by atoms with Crippen LogP contribution in [0.4, 0.5) is 5.69 Å². The molecule has 28 heavy (non-hydrogen) atoms. The van der Waals surface area contributed by atoms with E-state index in [1.807, 2.05) is 6.92 Å². The molecular weight excluding hydrogens is 382 g/mol. The fourth-order valence-corrected chi connectivity index (χ4v) is 2.80. The summed E-state index contributed by atoms with van der Waals surface area (Å²) >= 11 is 5.55. The van der Waals surface area contributed by atoms with Gasteiger partial charge in [-0.05, 0) is 26.0 Å². The number of fused-ring (bicyclic) bond motifs is 1. The van der Waals surface area contributed by atoms with Gasteiger partial charge in [0, 0.05) is 22.9 Å². The summed E-state index contributed by atoms with van der Waals surface area (Å²) in [5, 5.41) is 2.59. The average Bonchev–Trinajstić information content (AvgIpc) is 2.66. The molecule has 0 fully saturated rings. The minimum Gasteiger partial charge on any atom is -0.498 e. The highest BCUT2D eigenvalue weighted by Gasteiger charge is 2.26. The number of anilines is 1. The highest BCUT2D eigenvalue weighted by Crippen LogP contribution is 2.32. The predicted molar refractivity (Wildman–Crippen MR) is 108 cm³/mol. The minimum atomic E-state index is -0.442. The number of carbonyl (C=O) groups excluding carboxylic acids is 3. The van der Waals surface area contributed by atoms with Crippen LogP contribution in [0, 0.1) is 0 Å². The first-order valence-electron chi connectivity index (χ1n) is 8.84. The van der Waals surface area contributed by atoms with Gasteiger partial charge in [0.25, 0.3) is 0 Å². The summed E-state index contributed by atoms with van der Waals surface area (Å²) in [4.78, 5) is 37.6. The van der Waals surface area contributed by atoms with Crippen LogP contribution >= 0.6 is 11.6 Å². The summed E-state index contributed by atoms with van der Waals surface area (Å²) in [6.07, 6.45) is 4.77. The maximum absolute atomic E-state index is 13.0. The third-order valence-electron chi connectivity index (χ3n) is 3.87. The third-order valence-corrected chi connectivity index (χ3v) is 4.11. The van der Waals surface area contributed by atoms with Crippen LogP contribution in [0.25, 0.3) is 0 Å². The van der Waals surface area contributed by atoms with Crippen LogP contribution in [0.3, 0.4) is 0 Å². The molecule has 1 aromatic rings. The van der Waals surface area contributed by atoms with Crippen LogP contribution in [0.15, 0.2) is 48.3 Å². The average molecular weight is 404 g/mol. The van der Waals surface area contributed by atoms with Crippen molar-refractivity contribution in [3.8, 4) is 5.75 Å². The Morgan fingerprint density at radius 1 is 1.21 bits per heavy atom. The molecule has 148 valence electrons. The molecule has 0 aliphatic heterocycles. The Bertz CT molecular complexity index is 870. The molecule has 1 N–H and O–H groups in total. The van der Waals surface area contributed by atoms with Crippen molar-refractivity contribution in [1.82, 2.24) is 0 Å². The van der Waals surface area contributed by atoms with Crippen molar-refractivity contribution in [2.45, 2.75) is 20.3 Å². The topological polar surface area (TPSA) is 81.7 Å². The van der Waals surface area contributed by atoms with Crippen molar-refractivity contribution in [2.75, 3.05) is 24.4 Å². The van der Waals surface area contributed by atoms with Crippen molar-refractivity contribution in [3.05, 3.63) is 59.4 Å². The second kappa shape index (κ2) is 9.90. The summed E-state index contributed by atoms with van der Waals surface area (Å²) in [6, 6.07) is 2.94. The fraction of sp³-hybridized carbons (Fsp3) is 0.286. The smallest absolute Gasteiger partial charge is 0.239 e. The first kappa shape index (κ1) is 21.4. The largest absolute Gasteiger partial charge is 0.498 e. The van der Waals surface area contributed by atoms with E-state index in [-0.39, 0.29) is 47.1 Å². The molecule has 0 heterocycles. The van der Waals surface area contributed by atoms with Gasteiger partial charge in [0.15, 0.2) is 11.6 Å². The van der Waals surface area contributed by atoms with Gasteiger partial charge in [0.1, 0.15) is 17.4 Å². The summed E-state index contributed by atoms with van der Waals surface area (Å²) in [5.41, 5.74) is 0.737. The van der Waals surface area contributed by atoms with Crippen molar-refractivity contribution < 1.29 is 23.9 Å². The van der Waals surface area contributed by atoms with Crippen LogP contribution in [0.5, 0.6) is 5.75 Å². The molecular formula is C21H22ClNO5. The lowest BCUT2D eigenvalue weighted by Crippen LogP contribution is -2.17. The van der Waals surface area contributed by atoms with E-state index in [2.05, 4.69) is 11.9 Å². The van der Waals surface area contributed by atoms with Crippen molar-refractivity contribution in [2.24, 2.45) is 0 Å². The number of allylic oxidation sites excluding steroid dienone is 5. The molecule has 0 radical (unpaired) electrons. The molecule has 0 spiro atoms. The molecule has 0 unspecified atom stereocenters. The third kappa shape index (κ3) is 5.10. The van der Waals surface area contributed by atoms with Crippen LogP contribution in [0.1, 0.15) is 41.0 Å². The lowest BCUT2D eigenvalue weighted by atomic mass is 9.92. The van der Waals surface area contributed by atoms with Gasteiger partial charge in [-0.1, -0.05) is 18.7 Å². The number of hydrogen-bond donors (Lipinski definition) is 1. The van der Waals surface area contributed by atoms with E-state index in [9.17, 15) is 14.4 Å². The Kier molecular flexibility index (Phi) is 7.58. The lowest BCUT2D eigenvalue weighted by Gasteiger charge is -2.18. The normalized spacial score (nSPS) is 17.2. The van der Waals surface area contributed by atoms with E-state index in [0.29, 0.717) is 18.1 Å². The number of amides is 1. The number of ketones is 2. The molecule has 6 nitrogen and oxygen atoms in total. The molecule has 1 amide bonds. The quantitative estimate of drug-likeness (QED) is 0.572. The molecule has 0 saturated carbocycles.